The number of hydrogen-bond acceptors (Lipinski definition) is 4. The number of nitrogens with one attached hydrogen (secondary N) is 2. The van der Waals surface area contributed by atoms with Crippen molar-refractivity contribution in [3.05, 3.63) is 53.6 Å². The Kier molecular flexibility index (Phi) is 6.57. The molecule has 5 nitrogen and oxygen atoms in total. The summed E-state index contributed by atoms with van der Waals surface area (Å²) in [6, 6.07) is 13.5. The largest absolute Gasteiger partial charge is 0.493 e. The van der Waals surface area contributed by atoms with Gasteiger partial charge in [-0.05, 0) is 61.5 Å². The highest BCUT2D eigenvalue weighted by molar-refractivity contribution is 7.80. The molecule has 0 spiro atoms. The van der Waals surface area contributed by atoms with Crippen LogP contribution in [-0.4, -0.2) is 25.0 Å². The summed E-state index contributed by atoms with van der Waals surface area (Å²) in [7, 11) is 1.61. The topological polar surface area (TPSA) is 54.9 Å². The summed E-state index contributed by atoms with van der Waals surface area (Å²) in [5, 5.41) is 7.68. The van der Waals surface area contributed by atoms with Crippen LogP contribution in [-0.2, 0) is 0 Å². The molecule has 0 aliphatic carbocycles. The maximum atomic E-state index is 5.49. The second kappa shape index (κ2) is 8.88. The van der Waals surface area contributed by atoms with Crippen molar-refractivity contribution in [1.29, 1.82) is 0 Å². The molecule has 2 aromatic rings. The van der Waals surface area contributed by atoms with E-state index >= 15 is 0 Å². The fourth-order valence-corrected chi connectivity index (χ4v) is 2.23. The molecule has 126 valence electrons. The Balaban J connectivity index is 1.96. The van der Waals surface area contributed by atoms with Gasteiger partial charge in [0.25, 0.3) is 0 Å². The van der Waals surface area contributed by atoms with Gasteiger partial charge in [-0.2, -0.15) is 5.10 Å². The first-order chi connectivity index (χ1) is 11.6. The summed E-state index contributed by atoms with van der Waals surface area (Å²) in [5.41, 5.74) is 5.74. The number of ether oxygens (including phenoxy) is 2. The first-order valence-electron chi connectivity index (χ1n) is 7.60. The van der Waals surface area contributed by atoms with E-state index in [0.29, 0.717) is 23.2 Å². The average molecular weight is 343 g/mol. The molecule has 0 radical (unpaired) electrons. The van der Waals surface area contributed by atoms with Gasteiger partial charge < -0.3 is 14.8 Å². The molecule has 2 rings (SSSR count). The normalized spacial score (nSPS) is 10.5. The number of methoxy groups -OCH3 is 1. The van der Waals surface area contributed by atoms with Crippen molar-refractivity contribution in [2.24, 2.45) is 5.10 Å². The third kappa shape index (κ3) is 4.96. The molecule has 0 atom stereocenters. The van der Waals surface area contributed by atoms with E-state index in [9.17, 15) is 0 Å². The second-order valence-corrected chi connectivity index (χ2v) is 5.39. The van der Waals surface area contributed by atoms with Crippen molar-refractivity contribution in [2.45, 2.75) is 13.8 Å². The number of aryl methyl sites for hydroxylation is 1. The van der Waals surface area contributed by atoms with Crippen LogP contribution in [0.4, 0.5) is 5.69 Å². The Morgan fingerprint density at radius 2 is 2.00 bits per heavy atom. The smallest absolute Gasteiger partial charge is 0.191 e. The minimum atomic E-state index is 0.429. The SMILES string of the molecule is CCOc1ccc(/C=N\NC(=S)Nc2ccccc2C)cc1OC. The molecule has 0 aliphatic rings. The van der Waals surface area contributed by atoms with Crippen LogP contribution in [0.3, 0.4) is 0 Å². The van der Waals surface area contributed by atoms with Crippen LogP contribution < -0.4 is 20.2 Å². The fourth-order valence-electron chi connectivity index (χ4n) is 2.07. The van der Waals surface area contributed by atoms with Crippen LogP contribution in [0.15, 0.2) is 47.6 Å². The Hall–Kier alpha value is -2.60. The summed E-state index contributed by atoms with van der Waals surface area (Å²) in [5.74, 6) is 1.38. The molecule has 2 N–H and O–H groups in total. The Morgan fingerprint density at radius 1 is 1.21 bits per heavy atom. The van der Waals surface area contributed by atoms with Crippen molar-refractivity contribution in [2.75, 3.05) is 19.0 Å². The van der Waals surface area contributed by atoms with Crippen molar-refractivity contribution in [3.8, 4) is 11.5 Å². The molecule has 0 saturated carbocycles. The lowest BCUT2D eigenvalue weighted by molar-refractivity contribution is 0.311. The van der Waals surface area contributed by atoms with Gasteiger partial charge in [0.05, 0.1) is 19.9 Å². The fraction of sp³-hybridized carbons (Fsp3) is 0.222. The summed E-state index contributed by atoms with van der Waals surface area (Å²) in [4.78, 5) is 0. The number of para-hydroxylation sites is 1. The monoisotopic (exact) mass is 343 g/mol. The third-order valence-corrected chi connectivity index (χ3v) is 3.45. The number of hydrazone groups is 1. The van der Waals surface area contributed by atoms with E-state index < -0.39 is 0 Å². The number of hydrogen-bond donors (Lipinski definition) is 2. The third-order valence-electron chi connectivity index (χ3n) is 3.26. The summed E-state index contributed by atoms with van der Waals surface area (Å²) < 4.78 is 10.8. The van der Waals surface area contributed by atoms with E-state index in [2.05, 4.69) is 15.8 Å². The van der Waals surface area contributed by atoms with Gasteiger partial charge in [0.1, 0.15) is 0 Å². The number of nitrogens with zero attached hydrogens (tertiary/aromatic N) is 1. The van der Waals surface area contributed by atoms with Gasteiger partial charge in [0.15, 0.2) is 16.6 Å². The lowest BCUT2D eigenvalue weighted by Crippen LogP contribution is -2.24. The minimum Gasteiger partial charge on any atom is -0.493 e. The van der Waals surface area contributed by atoms with Crippen molar-refractivity contribution < 1.29 is 9.47 Å². The Labute approximate surface area is 147 Å². The molecule has 0 unspecified atom stereocenters. The molecular weight excluding hydrogens is 322 g/mol. The first-order valence-corrected chi connectivity index (χ1v) is 8.01. The summed E-state index contributed by atoms with van der Waals surface area (Å²) >= 11 is 5.23. The zero-order valence-corrected chi connectivity index (χ0v) is 14.8. The highest BCUT2D eigenvalue weighted by atomic mass is 32.1. The highest BCUT2D eigenvalue weighted by Crippen LogP contribution is 2.27. The standard InChI is InChI=1S/C18H21N3O2S/c1-4-23-16-10-9-14(11-17(16)22-3)12-19-21-18(24)20-15-8-6-5-7-13(15)2/h5-12H,4H2,1-3H3,(H2,20,21,24)/b19-12-. The Bertz CT molecular complexity index is 732. The molecule has 6 heteroatoms. The van der Waals surface area contributed by atoms with Gasteiger partial charge in [0, 0.05) is 5.69 Å². The summed E-state index contributed by atoms with van der Waals surface area (Å²) in [6.45, 7) is 4.53. The van der Waals surface area contributed by atoms with Crippen LogP contribution in [0, 0.1) is 6.92 Å². The van der Waals surface area contributed by atoms with Gasteiger partial charge in [-0.3, -0.25) is 5.43 Å². The number of thiocarbonyl (C=S) groups is 1. The van der Waals surface area contributed by atoms with Gasteiger partial charge in [-0.25, -0.2) is 0 Å². The maximum Gasteiger partial charge on any atom is 0.191 e. The molecule has 0 amide bonds. The van der Waals surface area contributed by atoms with E-state index in [4.69, 9.17) is 21.7 Å². The van der Waals surface area contributed by atoms with Crippen molar-refractivity contribution >= 4 is 29.2 Å². The second-order valence-electron chi connectivity index (χ2n) is 4.98. The van der Waals surface area contributed by atoms with Gasteiger partial charge >= 0.3 is 0 Å². The quantitative estimate of drug-likeness (QED) is 0.476. The van der Waals surface area contributed by atoms with Crippen molar-refractivity contribution in [1.82, 2.24) is 5.43 Å². The molecule has 0 fully saturated rings. The zero-order valence-electron chi connectivity index (χ0n) is 14.0. The molecule has 0 saturated heterocycles. The predicted molar refractivity (Wildman–Crippen MR) is 102 cm³/mol. The highest BCUT2D eigenvalue weighted by Gasteiger charge is 2.04. The molecule has 0 aliphatic heterocycles. The predicted octanol–water partition coefficient (Wildman–Crippen LogP) is 3.72. The van der Waals surface area contributed by atoms with E-state index in [-0.39, 0.29) is 0 Å². The van der Waals surface area contributed by atoms with E-state index in [0.717, 1.165) is 16.8 Å². The first kappa shape index (κ1) is 17.7. The summed E-state index contributed by atoms with van der Waals surface area (Å²) in [6.07, 6.45) is 1.67. The van der Waals surface area contributed by atoms with Crippen LogP contribution in [0.5, 0.6) is 11.5 Å². The zero-order chi connectivity index (χ0) is 17.4. The molecule has 24 heavy (non-hydrogen) atoms. The Morgan fingerprint density at radius 3 is 2.71 bits per heavy atom. The van der Waals surface area contributed by atoms with Gasteiger partial charge in [-0.1, -0.05) is 18.2 Å². The number of benzene rings is 2. The van der Waals surface area contributed by atoms with E-state index in [1.807, 2.05) is 56.3 Å². The lowest BCUT2D eigenvalue weighted by atomic mass is 10.2. The van der Waals surface area contributed by atoms with E-state index in [1.165, 1.54) is 0 Å². The molecule has 0 aromatic heterocycles. The number of rotatable bonds is 6. The van der Waals surface area contributed by atoms with Gasteiger partial charge in [0.2, 0.25) is 0 Å². The lowest BCUT2D eigenvalue weighted by Gasteiger charge is -2.10. The average Bonchev–Trinajstić information content (AvgIpc) is 2.58. The maximum absolute atomic E-state index is 5.49. The molecule has 0 bridgehead atoms. The van der Waals surface area contributed by atoms with Crippen LogP contribution in [0.1, 0.15) is 18.1 Å². The van der Waals surface area contributed by atoms with Crippen LogP contribution in [0.25, 0.3) is 0 Å². The van der Waals surface area contributed by atoms with Crippen molar-refractivity contribution in [3.63, 3.8) is 0 Å². The molecule has 2 aromatic carbocycles. The van der Waals surface area contributed by atoms with Crippen LogP contribution >= 0.6 is 12.2 Å². The number of anilines is 1. The van der Waals surface area contributed by atoms with Gasteiger partial charge in [-0.15, -0.1) is 0 Å². The minimum absolute atomic E-state index is 0.429. The molecular formula is C18H21N3O2S. The molecule has 0 heterocycles. The van der Waals surface area contributed by atoms with Crippen LogP contribution in [0.2, 0.25) is 0 Å². The van der Waals surface area contributed by atoms with E-state index in [1.54, 1.807) is 13.3 Å².